The lowest BCUT2D eigenvalue weighted by Crippen LogP contribution is -2.43. The van der Waals surface area contributed by atoms with E-state index in [-0.39, 0.29) is 0 Å². The molecule has 1 aliphatic rings. The van der Waals surface area contributed by atoms with Gasteiger partial charge in [-0.1, -0.05) is 13.8 Å². The molecule has 3 rings (SSSR count). The topological polar surface area (TPSA) is 54.8 Å². The monoisotopic (exact) mass is 245 g/mol. The molecule has 0 atom stereocenters. The number of hydrogen-bond acceptors (Lipinski definition) is 4. The van der Waals surface area contributed by atoms with Crippen molar-refractivity contribution in [1.82, 2.24) is 25.4 Å². The van der Waals surface area contributed by atoms with Gasteiger partial charge in [-0.05, 0) is 11.6 Å². The zero-order chi connectivity index (χ0) is 12.5. The van der Waals surface area contributed by atoms with Crippen LogP contribution in [0.4, 0.5) is 0 Å². The lowest BCUT2D eigenvalue weighted by Gasteiger charge is -2.27. The minimum absolute atomic E-state index is 0.467. The maximum absolute atomic E-state index is 4.55. The number of nitrogens with one attached hydrogen (secondary N) is 2. The van der Waals surface area contributed by atoms with Crippen molar-refractivity contribution >= 4 is 11.0 Å². The van der Waals surface area contributed by atoms with Crippen molar-refractivity contribution in [3.63, 3.8) is 0 Å². The summed E-state index contributed by atoms with van der Waals surface area (Å²) in [5.74, 6) is 0. The van der Waals surface area contributed by atoms with Crippen molar-refractivity contribution in [3.8, 4) is 0 Å². The van der Waals surface area contributed by atoms with Crippen molar-refractivity contribution in [2.24, 2.45) is 0 Å². The summed E-state index contributed by atoms with van der Waals surface area (Å²) in [6.45, 7) is 7.14. The molecule has 0 aromatic carbocycles. The van der Waals surface area contributed by atoms with Gasteiger partial charge < -0.3 is 10.6 Å². The molecule has 2 aromatic rings. The second-order valence-corrected chi connectivity index (χ2v) is 5.19. The van der Waals surface area contributed by atoms with Crippen LogP contribution < -0.4 is 10.6 Å². The fourth-order valence-electron chi connectivity index (χ4n) is 2.12. The van der Waals surface area contributed by atoms with Gasteiger partial charge in [0.05, 0.1) is 12.2 Å². The summed E-state index contributed by atoms with van der Waals surface area (Å²) in [6.07, 6.45) is 3.86. The first-order valence-electron chi connectivity index (χ1n) is 6.50. The quantitative estimate of drug-likeness (QED) is 0.846. The average Bonchev–Trinajstić information content (AvgIpc) is 2.68. The van der Waals surface area contributed by atoms with E-state index in [1.165, 1.54) is 5.56 Å². The lowest BCUT2D eigenvalue weighted by atomic mass is 10.2. The molecule has 0 amide bonds. The SMILES string of the molecule is CC(C)NCc1cnc2c(cnn2C2CNC2)c1. The molecule has 96 valence electrons. The normalized spacial score (nSPS) is 16.4. The van der Waals surface area contributed by atoms with Gasteiger partial charge in [0.25, 0.3) is 0 Å². The highest BCUT2D eigenvalue weighted by Gasteiger charge is 2.21. The third-order valence-electron chi connectivity index (χ3n) is 3.31. The molecule has 2 aromatic heterocycles. The Morgan fingerprint density at radius 1 is 1.44 bits per heavy atom. The summed E-state index contributed by atoms with van der Waals surface area (Å²) in [7, 11) is 0. The van der Waals surface area contributed by atoms with Crippen molar-refractivity contribution in [1.29, 1.82) is 0 Å². The highest BCUT2D eigenvalue weighted by molar-refractivity contribution is 5.75. The molecule has 2 N–H and O–H groups in total. The standard InChI is InChI=1S/C13H19N5/c1-9(2)15-4-10-3-11-6-17-18(12-7-14-8-12)13(11)16-5-10/h3,5-6,9,12,14-15H,4,7-8H2,1-2H3. The molecule has 3 heterocycles. The van der Waals surface area contributed by atoms with E-state index in [2.05, 4.69) is 40.6 Å². The first kappa shape index (κ1) is 11.6. The Bertz CT molecular complexity index is 541. The summed E-state index contributed by atoms with van der Waals surface area (Å²) in [4.78, 5) is 4.55. The Balaban J connectivity index is 1.84. The Morgan fingerprint density at radius 2 is 2.28 bits per heavy atom. The van der Waals surface area contributed by atoms with Gasteiger partial charge in [0.1, 0.15) is 0 Å². The first-order valence-corrected chi connectivity index (χ1v) is 6.50. The number of fused-ring (bicyclic) bond motifs is 1. The van der Waals surface area contributed by atoms with Crippen molar-refractivity contribution < 1.29 is 0 Å². The van der Waals surface area contributed by atoms with Crippen LogP contribution in [-0.4, -0.2) is 33.9 Å². The molecule has 1 aliphatic heterocycles. The highest BCUT2D eigenvalue weighted by Crippen LogP contribution is 2.19. The molecular formula is C13H19N5. The van der Waals surface area contributed by atoms with Gasteiger partial charge in [-0.2, -0.15) is 5.10 Å². The van der Waals surface area contributed by atoms with Gasteiger partial charge >= 0.3 is 0 Å². The number of hydrogen-bond donors (Lipinski definition) is 2. The second-order valence-electron chi connectivity index (χ2n) is 5.19. The van der Waals surface area contributed by atoms with Gasteiger partial charge in [0.15, 0.2) is 5.65 Å². The number of rotatable bonds is 4. The van der Waals surface area contributed by atoms with Crippen LogP contribution in [0, 0.1) is 0 Å². The molecule has 5 nitrogen and oxygen atoms in total. The van der Waals surface area contributed by atoms with Crippen LogP contribution in [0.25, 0.3) is 11.0 Å². The molecule has 0 radical (unpaired) electrons. The van der Waals surface area contributed by atoms with Gasteiger partial charge in [-0.25, -0.2) is 9.67 Å². The summed E-state index contributed by atoms with van der Waals surface area (Å²) in [5, 5.41) is 12.2. The molecule has 0 bridgehead atoms. The maximum atomic E-state index is 4.55. The van der Waals surface area contributed by atoms with E-state index in [4.69, 9.17) is 0 Å². The predicted molar refractivity (Wildman–Crippen MR) is 71.4 cm³/mol. The van der Waals surface area contributed by atoms with E-state index in [0.717, 1.165) is 30.7 Å². The van der Waals surface area contributed by atoms with E-state index in [1.807, 2.05) is 17.1 Å². The molecule has 18 heavy (non-hydrogen) atoms. The smallest absolute Gasteiger partial charge is 0.158 e. The average molecular weight is 245 g/mol. The maximum Gasteiger partial charge on any atom is 0.158 e. The molecule has 0 saturated carbocycles. The Kier molecular flexibility index (Phi) is 3.01. The first-order chi connectivity index (χ1) is 8.74. The summed E-state index contributed by atoms with van der Waals surface area (Å²) in [6, 6.07) is 3.13. The molecule has 5 heteroatoms. The zero-order valence-corrected chi connectivity index (χ0v) is 10.8. The van der Waals surface area contributed by atoms with E-state index in [0.29, 0.717) is 12.1 Å². The van der Waals surface area contributed by atoms with E-state index in [9.17, 15) is 0 Å². The van der Waals surface area contributed by atoms with Crippen LogP contribution in [0.15, 0.2) is 18.5 Å². The summed E-state index contributed by atoms with van der Waals surface area (Å²) < 4.78 is 2.03. The van der Waals surface area contributed by atoms with E-state index in [1.54, 1.807) is 0 Å². The summed E-state index contributed by atoms with van der Waals surface area (Å²) in [5.41, 5.74) is 2.21. The van der Waals surface area contributed by atoms with Gasteiger partial charge in [0.2, 0.25) is 0 Å². The predicted octanol–water partition coefficient (Wildman–Crippen LogP) is 1.07. The fraction of sp³-hybridized carbons (Fsp3) is 0.538. The van der Waals surface area contributed by atoms with Crippen LogP contribution >= 0.6 is 0 Å². The Hall–Kier alpha value is -1.46. The van der Waals surface area contributed by atoms with Crippen LogP contribution in [0.5, 0.6) is 0 Å². The van der Waals surface area contributed by atoms with Gasteiger partial charge in [-0.15, -0.1) is 0 Å². The third kappa shape index (κ3) is 2.11. The lowest BCUT2D eigenvalue weighted by molar-refractivity contribution is 0.325. The minimum atomic E-state index is 0.467. The van der Waals surface area contributed by atoms with E-state index < -0.39 is 0 Å². The Morgan fingerprint density at radius 3 is 2.94 bits per heavy atom. The minimum Gasteiger partial charge on any atom is -0.312 e. The van der Waals surface area contributed by atoms with Gasteiger partial charge in [-0.3, -0.25) is 0 Å². The third-order valence-corrected chi connectivity index (χ3v) is 3.31. The molecule has 0 unspecified atom stereocenters. The largest absolute Gasteiger partial charge is 0.312 e. The Labute approximate surface area is 107 Å². The number of aromatic nitrogens is 3. The van der Waals surface area contributed by atoms with Crippen LogP contribution in [0.3, 0.4) is 0 Å². The fourth-order valence-corrected chi connectivity index (χ4v) is 2.12. The molecule has 1 saturated heterocycles. The van der Waals surface area contributed by atoms with Crippen molar-refractivity contribution in [3.05, 3.63) is 24.0 Å². The number of pyridine rings is 1. The summed E-state index contributed by atoms with van der Waals surface area (Å²) >= 11 is 0. The second kappa shape index (κ2) is 4.66. The van der Waals surface area contributed by atoms with Crippen molar-refractivity contribution in [2.45, 2.75) is 32.5 Å². The van der Waals surface area contributed by atoms with E-state index >= 15 is 0 Å². The van der Waals surface area contributed by atoms with Crippen LogP contribution in [0.2, 0.25) is 0 Å². The highest BCUT2D eigenvalue weighted by atomic mass is 15.3. The number of nitrogens with zero attached hydrogens (tertiary/aromatic N) is 3. The van der Waals surface area contributed by atoms with Gasteiger partial charge in [0, 0.05) is 37.3 Å². The van der Waals surface area contributed by atoms with Crippen LogP contribution in [-0.2, 0) is 6.54 Å². The molecule has 0 aliphatic carbocycles. The van der Waals surface area contributed by atoms with Crippen LogP contribution in [0.1, 0.15) is 25.5 Å². The molecular weight excluding hydrogens is 226 g/mol. The zero-order valence-electron chi connectivity index (χ0n) is 10.8. The van der Waals surface area contributed by atoms with Crippen molar-refractivity contribution in [2.75, 3.05) is 13.1 Å². The molecule has 0 spiro atoms. The molecule has 1 fully saturated rings.